The van der Waals surface area contributed by atoms with E-state index >= 15 is 0 Å². The maximum Gasteiger partial charge on any atom is 0.285 e. The van der Waals surface area contributed by atoms with E-state index in [1.165, 1.54) is 11.1 Å². The molecule has 150 valence electrons. The monoisotopic (exact) mass is 409 g/mol. The van der Waals surface area contributed by atoms with Gasteiger partial charge in [-0.15, -0.1) is 4.40 Å². The van der Waals surface area contributed by atoms with Gasteiger partial charge in [-0.25, -0.2) is 0 Å². The number of rotatable bonds is 2. The van der Waals surface area contributed by atoms with Crippen LogP contribution in [0.2, 0.25) is 0 Å². The summed E-state index contributed by atoms with van der Waals surface area (Å²) in [5, 5.41) is 3.05. The lowest BCUT2D eigenvalue weighted by molar-refractivity contribution is -0.120. The second kappa shape index (κ2) is 6.99. The number of anilines is 1. The van der Waals surface area contributed by atoms with Crippen LogP contribution in [0.3, 0.4) is 0 Å². The van der Waals surface area contributed by atoms with Crippen LogP contribution >= 0.6 is 0 Å². The number of benzene rings is 2. The molecule has 0 aromatic heterocycles. The molecule has 0 saturated carbocycles. The highest BCUT2D eigenvalue weighted by Gasteiger charge is 2.38. The van der Waals surface area contributed by atoms with Crippen molar-refractivity contribution in [2.75, 3.05) is 11.9 Å². The third-order valence-corrected chi connectivity index (χ3v) is 7.38. The number of carbonyl (C=O) groups excluding carboxylic acids is 1. The van der Waals surface area contributed by atoms with Crippen molar-refractivity contribution in [2.24, 2.45) is 4.40 Å². The minimum Gasteiger partial charge on any atom is -0.343 e. The van der Waals surface area contributed by atoms with Gasteiger partial charge in [0.25, 0.3) is 10.0 Å². The fourth-order valence-corrected chi connectivity index (χ4v) is 5.85. The number of amides is 1. The average molecular weight is 410 g/mol. The van der Waals surface area contributed by atoms with Crippen molar-refractivity contribution in [1.82, 2.24) is 4.90 Å². The van der Waals surface area contributed by atoms with Crippen LogP contribution in [0.15, 0.2) is 51.8 Å². The summed E-state index contributed by atoms with van der Waals surface area (Å²) in [5.41, 5.74) is 4.07. The average Bonchev–Trinajstić information content (AvgIpc) is 3.30. The Morgan fingerprint density at radius 1 is 1.03 bits per heavy atom. The maximum absolute atomic E-state index is 13.2. The van der Waals surface area contributed by atoms with Crippen molar-refractivity contribution >= 4 is 27.5 Å². The third kappa shape index (κ3) is 3.23. The first-order valence-corrected chi connectivity index (χ1v) is 11.6. The highest BCUT2D eigenvalue weighted by atomic mass is 32.2. The predicted octanol–water partition coefficient (Wildman–Crippen LogP) is 3.12. The molecule has 2 aromatic rings. The summed E-state index contributed by atoms with van der Waals surface area (Å²) in [4.78, 5) is 15.2. The van der Waals surface area contributed by atoms with Crippen LogP contribution in [0.25, 0.3) is 0 Å². The Morgan fingerprint density at radius 2 is 1.86 bits per heavy atom. The molecule has 1 fully saturated rings. The van der Waals surface area contributed by atoms with Gasteiger partial charge in [-0.05, 0) is 73.9 Å². The van der Waals surface area contributed by atoms with E-state index in [0.29, 0.717) is 24.4 Å². The largest absolute Gasteiger partial charge is 0.343 e. The van der Waals surface area contributed by atoms with E-state index < -0.39 is 16.1 Å². The van der Waals surface area contributed by atoms with Gasteiger partial charge in [0, 0.05) is 17.8 Å². The number of sulfonamides is 1. The number of amidine groups is 1. The number of fused-ring (bicyclic) bond motifs is 2. The Bertz CT molecular complexity index is 1120. The van der Waals surface area contributed by atoms with Crippen LogP contribution in [-0.2, 0) is 27.7 Å². The number of nitrogens with zero attached hydrogens (tertiary/aromatic N) is 2. The molecule has 29 heavy (non-hydrogen) atoms. The summed E-state index contributed by atoms with van der Waals surface area (Å²) in [6.07, 6.45) is 5.84. The van der Waals surface area contributed by atoms with E-state index in [4.69, 9.17) is 0 Å². The number of carbonyl (C=O) groups is 1. The molecule has 3 aliphatic rings. The molecule has 6 nitrogen and oxygen atoms in total. The Hall–Kier alpha value is -2.67. The van der Waals surface area contributed by atoms with Crippen LogP contribution in [0.4, 0.5) is 5.69 Å². The van der Waals surface area contributed by atoms with E-state index in [1.54, 1.807) is 24.3 Å². The zero-order chi connectivity index (χ0) is 20.0. The lowest BCUT2D eigenvalue weighted by atomic mass is 9.99. The molecule has 1 N–H and O–H groups in total. The molecule has 0 spiro atoms. The summed E-state index contributed by atoms with van der Waals surface area (Å²) in [7, 11) is -3.70. The van der Waals surface area contributed by atoms with Crippen LogP contribution in [0, 0.1) is 0 Å². The smallest absolute Gasteiger partial charge is 0.285 e. The maximum atomic E-state index is 13.2. The fraction of sp³-hybridized carbons (Fsp3) is 0.364. The van der Waals surface area contributed by atoms with Crippen molar-refractivity contribution in [2.45, 2.75) is 49.5 Å². The molecule has 0 bridgehead atoms. The number of hydrogen-bond acceptors (Lipinski definition) is 4. The van der Waals surface area contributed by atoms with E-state index in [9.17, 15) is 13.2 Å². The summed E-state index contributed by atoms with van der Waals surface area (Å²) in [5.74, 6) is 0.293. The van der Waals surface area contributed by atoms with Crippen molar-refractivity contribution in [3.05, 3.63) is 59.2 Å². The quantitative estimate of drug-likeness (QED) is 0.827. The lowest BCUT2D eigenvalue weighted by Crippen LogP contribution is -2.50. The van der Waals surface area contributed by atoms with Crippen molar-refractivity contribution in [1.29, 1.82) is 0 Å². The lowest BCUT2D eigenvalue weighted by Gasteiger charge is -2.36. The molecular formula is C22H23N3O3S. The molecule has 5 rings (SSSR count). The SMILES string of the molecule is O=C(Nc1ccc2c(c1)CCC2)C1CCCCN1C1=NS(=O)(=O)c2ccccc21. The highest BCUT2D eigenvalue weighted by molar-refractivity contribution is 7.90. The number of likely N-dealkylation sites (tertiary alicyclic amines) is 1. The Labute approximate surface area is 170 Å². The molecule has 1 saturated heterocycles. The molecule has 1 unspecified atom stereocenters. The third-order valence-electron chi connectivity index (χ3n) is 6.06. The fourth-order valence-electron chi connectivity index (χ4n) is 4.63. The van der Waals surface area contributed by atoms with Gasteiger partial charge in [-0.1, -0.05) is 18.2 Å². The van der Waals surface area contributed by atoms with Crippen molar-refractivity contribution in [3.63, 3.8) is 0 Å². The zero-order valence-corrected chi connectivity index (χ0v) is 16.9. The molecule has 1 amide bonds. The minimum atomic E-state index is -3.70. The standard InChI is InChI=1S/C22H23N3O3S/c26-22(23-17-12-11-15-6-5-7-16(15)14-17)19-9-3-4-13-25(19)21-18-8-1-2-10-20(18)29(27,28)24-21/h1-2,8,10-12,14,19H,3-7,9,13H2,(H,23,26). The number of hydrogen-bond donors (Lipinski definition) is 1. The van der Waals surface area contributed by atoms with E-state index in [0.717, 1.165) is 37.8 Å². The molecular weight excluding hydrogens is 386 g/mol. The van der Waals surface area contributed by atoms with E-state index in [1.807, 2.05) is 11.0 Å². The molecule has 7 heteroatoms. The molecule has 2 aromatic carbocycles. The number of aryl methyl sites for hydroxylation is 2. The summed E-state index contributed by atoms with van der Waals surface area (Å²) < 4.78 is 29.0. The Morgan fingerprint density at radius 3 is 2.76 bits per heavy atom. The second-order valence-electron chi connectivity index (χ2n) is 7.92. The number of piperidine rings is 1. The zero-order valence-electron chi connectivity index (χ0n) is 16.1. The topological polar surface area (TPSA) is 78.8 Å². The van der Waals surface area contributed by atoms with Gasteiger partial charge in [0.15, 0.2) is 5.84 Å². The van der Waals surface area contributed by atoms with Gasteiger partial charge in [-0.3, -0.25) is 4.79 Å². The summed E-state index contributed by atoms with van der Waals surface area (Å²) >= 11 is 0. The molecule has 2 aliphatic heterocycles. The first kappa shape index (κ1) is 18.4. The van der Waals surface area contributed by atoms with Gasteiger partial charge < -0.3 is 10.2 Å². The van der Waals surface area contributed by atoms with Gasteiger partial charge in [0.2, 0.25) is 5.91 Å². The first-order chi connectivity index (χ1) is 14.0. The number of nitrogens with one attached hydrogen (secondary N) is 1. The van der Waals surface area contributed by atoms with E-state index in [2.05, 4.69) is 21.8 Å². The molecule has 2 heterocycles. The summed E-state index contributed by atoms with van der Waals surface area (Å²) in [6.45, 7) is 0.616. The van der Waals surface area contributed by atoms with Gasteiger partial charge in [-0.2, -0.15) is 8.42 Å². The predicted molar refractivity (Wildman–Crippen MR) is 112 cm³/mol. The normalized spacial score (nSPS) is 22.0. The highest BCUT2D eigenvalue weighted by Crippen LogP contribution is 2.31. The van der Waals surface area contributed by atoms with E-state index in [-0.39, 0.29) is 10.8 Å². The molecule has 1 atom stereocenters. The first-order valence-electron chi connectivity index (χ1n) is 10.2. The molecule has 0 radical (unpaired) electrons. The molecule has 1 aliphatic carbocycles. The van der Waals surface area contributed by atoms with Crippen LogP contribution < -0.4 is 5.32 Å². The Kier molecular flexibility index (Phi) is 4.42. The van der Waals surface area contributed by atoms with Gasteiger partial charge in [0.05, 0.1) is 0 Å². The van der Waals surface area contributed by atoms with Crippen molar-refractivity contribution in [3.8, 4) is 0 Å². The van der Waals surface area contributed by atoms with Crippen LogP contribution in [0.1, 0.15) is 42.4 Å². The second-order valence-corrected chi connectivity index (χ2v) is 9.49. The Balaban J connectivity index is 1.43. The van der Waals surface area contributed by atoms with Gasteiger partial charge in [0.1, 0.15) is 10.9 Å². The minimum absolute atomic E-state index is 0.105. The summed E-state index contributed by atoms with van der Waals surface area (Å²) in [6, 6.07) is 12.5. The van der Waals surface area contributed by atoms with Crippen LogP contribution in [-0.4, -0.2) is 37.6 Å². The van der Waals surface area contributed by atoms with Crippen molar-refractivity contribution < 1.29 is 13.2 Å². The van der Waals surface area contributed by atoms with Gasteiger partial charge >= 0.3 is 0 Å². The van der Waals surface area contributed by atoms with Crippen LogP contribution in [0.5, 0.6) is 0 Å².